The first-order valence-electron chi connectivity index (χ1n) is 5.63. The van der Waals surface area contributed by atoms with Crippen LogP contribution in [0.2, 0.25) is 0 Å². The van der Waals surface area contributed by atoms with Gasteiger partial charge in [0.05, 0.1) is 28.7 Å². The van der Waals surface area contributed by atoms with Gasteiger partial charge in [-0.2, -0.15) is 10.2 Å². The number of sulfonamides is 1. The van der Waals surface area contributed by atoms with Crippen LogP contribution in [0.15, 0.2) is 45.9 Å². The van der Waals surface area contributed by atoms with Gasteiger partial charge >= 0.3 is 0 Å². The standard InChI is InChI=1S/C12H12BrN3O3S/c1-19-12-5-4-10(7-11(12)13)20(17,18)15-8-9-3-2-6-14-16-9/h2-7,15H,8H2,1H3. The maximum Gasteiger partial charge on any atom is 0.240 e. The lowest BCUT2D eigenvalue weighted by atomic mass is 10.3. The molecule has 1 N–H and O–H groups in total. The number of benzene rings is 1. The molecule has 0 spiro atoms. The van der Waals surface area contributed by atoms with Gasteiger partial charge in [-0.1, -0.05) is 0 Å². The molecule has 0 amide bonds. The second-order valence-electron chi connectivity index (χ2n) is 3.84. The first-order chi connectivity index (χ1) is 9.53. The van der Waals surface area contributed by atoms with Crippen molar-refractivity contribution in [2.45, 2.75) is 11.4 Å². The van der Waals surface area contributed by atoms with Crippen molar-refractivity contribution < 1.29 is 13.2 Å². The van der Waals surface area contributed by atoms with E-state index in [2.05, 4.69) is 30.8 Å². The Balaban J connectivity index is 2.16. The fraction of sp³-hybridized carbons (Fsp3) is 0.167. The first-order valence-corrected chi connectivity index (χ1v) is 7.90. The Hall–Kier alpha value is -1.51. The fourth-order valence-electron chi connectivity index (χ4n) is 1.49. The molecule has 0 saturated heterocycles. The second-order valence-corrected chi connectivity index (χ2v) is 6.46. The van der Waals surface area contributed by atoms with Crippen molar-refractivity contribution >= 4 is 26.0 Å². The van der Waals surface area contributed by atoms with Gasteiger partial charge in [-0.05, 0) is 46.3 Å². The SMILES string of the molecule is COc1ccc(S(=O)(=O)NCc2cccnn2)cc1Br. The number of methoxy groups -OCH3 is 1. The molecule has 0 aliphatic heterocycles. The van der Waals surface area contributed by atoms with Crippen molar-refractivity contribution in [1.82, 2.24) is 14.9 Å². The smallest absolute Gasteiger partial charge is 0.240 e. The highest BCUT2D eigenvalue weighted by molar-refractivity contribution is 9.10. The van der Waals surface area contributed by atoms with E-state index in [4.69, 9.17) is 4.74 Å². The van der Waals surface area contributed by atoms with Crippen LogP contribution in [0.5, 0.6) is 5.75 Å². The van der Waals surface area contributed by atoms with E-state index in [0.29, 0.717) is 15.9 Å². The first kappa shape index (κ1) is 14.9. The third-order valence-electron chi connectivity index (χ3n) is 2.50. The van der Waals surface area contributed by atoms with E-state index < -0.39 is 10.0 Å². The Morgan fingerprint density at radius 3 is 2.75 bits per heavy atom. The van der Waals surface area contributed by atoms with Gasteiger partial charge in [-0.15, -0.1) is 0 Å². The third kappa shape index (κ3) is 3.53. The van der Waals surface area contributed by atoms with Crippen molar-refractivity contribution in [3.05, 3.63) is 46.7 Å². The minimum Gasteiger partial charge on any atom is -0.496 e. The summed E-state index contributed by atoms with van der Waals surface area (Å²) < 4.78 is 32.4. The molecule has 1 aromatic heterocycles. The van der Waals surface area contributed by atoms with Crippen molar-refractivity contribution in [2.24, 2.45) is 0 Å². The van der Waals surface area contributed by atoms with E-state index in [9.17, 15) is 8.42 Å². The number of hydrogen-bond donors (Lipinski definition) is 1. The van der Waals surface area contributed by atoms with Gasteiger partial charge < -0.3 is 4.74 Å². The predicted molar refractivity (Wildman–Crippen MR) is 76.8 cm³/mol. The molecule has 0 aliphatic carbocycles. The van der Waals surface area contributed by atoms with Crippen LogP contribution in [0.25, 0.3) is 0 Å². The zero-order valence-electron chi connectivity index (χ0n) is 10.6. The minimum atomic E-state index is -3.61. The maximum atomic E-state index is 12.1. The molecule has 1 aromatic carbocycles. The Bertz CT molecular complexity index is 692. The quantitative estimate of drug-likeness (QED) is 0.880. The van der Waals surface area contributed by atoms with Crippen LogP contribution in [-0.4, -0.2) is 25.7 Å². The highest BCUT2D eigenvalue weighted by atomic mass is 79.9. The van der Waals surface area contributed by atoms with Gasteiger partial charge in [-0.3, -0.25) is 0 Å². The van der Waals surface area contributed by atoms with E-state index in [0.717, 1.165) is 0 Å². The highest BCUT2D eigenvalue weighted by Crippen LogP contribution is 2.27. The number of halogens is 1. The highest BCUT2D eigenvalue weighted by Gasteiger charge is 2.15. The summed E-state index contributed by atoms with van der Waals surface area (Å²) in [6.07, 6.45) is 1.53. The number of nitrogens with one attached hydrogen (secondary N) is 1. The lowest BCUT2D eigenvalue weighted by Crippen LogP contribution is -2.23. The Kier molecular flexibility index (Phi) is 4.69. The van der Waals surface area contributed by atoms with Crippen molar-refractivity contribution in [3.63, 3.8) is 0 Å². The number of rotatable bonds is 5. The summed E-state index contributed by atoms with van der Waals surface area (Å²) in [5, 5.41) is 7.50. The third-order valence-corrected chi connectivity index (χ3v) is 4.52. The zero-order valence-corrected chi connectivity index (χ0v) is 13.0. The van der Waals surface area contributed by atoms with E-state index in [-0.39, 0.29) is 11.4 Å². The number of aromatic nitrogens is 2. The summed E-state index contributed by atoms with van der Waals surface area (Å²) in [6.45, 7) is 0.0832. The number of nitrogens with zero attached hydrogens (tertiary/aromatic N) is 2. The lowest BCUT2D eigenvalue weighted by molar-refractivity contribution is 0.411. The van der Waals surface area contributed by atoms with E-state index in [1.165, 1.54) is 25.4 Å². The lowest BCUT2D eigenvalue weighted by Gasteiger charge is -2.08. The molecule has 6 nitrogen and oxygen atoms in total. The van der Waals surface area contributed by atoms with Crippen LogP contribution in [-0.2, 0) is 16.6 Å². The summed E-state index contributed by atoms with van der Waals surface area (Å²) in [4.78, 5) is 0.147. The summed E-state index contributed by atoms with van der Waals surface area (Å²) in [5.41, 5.74) is 0.545. The maximum absolute atomic E-state index is 12.1. The van der Waals surface area contributed by atoms with Gasteiger partial charge in [0.1, 0.15) is 5.75 Å². The van der Waals surface area contributed by atoms with Gasteiger partial charge in [0.2, 0.25) is 10.0 Å². The molecule has 1 heterocycles. The Morgan fingerprint density at radius 1 is 1.35 bits per heavy atom. The fourth-order valence-corrected chi connectivity index (χ4v) is 3.21. The van der Waals surface area contributed by atoms with Crippen LogP contribution >= 0.6 is 15.9 Å². The summed E-state index contributed by atoms with van der Waals surface area (Å²) >= 11 is 3.26. The van der Waals surface area contributed by atoms with Crippen LogP contribution in [0, 0.1) is 0 Å². The van der Waals surface area contributed by atoms with Gasteiger partial charge in [0.25, 0.3) is 0 Å². The average Bonchev–Trinajstić information content (AvgIpc) is 2.46. The van der Waals surface area contributed by atoms with E-state index in [1.54, 1.807) is 18.2 Å². The molecule has 0 radical (unpaired) electrons. The number of hydrogen-bond acceptors (Lipinski definition) is 5. The largest absolute Gasteiger partial charge is 0.496 e. The molecular weight excluding hydrogens is 346 g/mol. The van der Waals surface area contributed by atoms with Gasteiger partial charge in [0, 0.05) is 6.20 Å². The monoisotopic (exact) mass is 357 g/mol. The Morgan fingerprint density at radius 2 is 2.15 bits per heavy atom. The molecule has 0 unspecified atom stereocenters. The molecule has 20 heavy (non-hydrogen) atoms. The normalized spacial score (nSPS) is 11.3. The molecule has 8 heteroatoms. The molecule has 0 saturated carbocycles. The molecule has 0 fully saturated rings. The molecule has 2 aromatic rings. The zero-order chi connectivity index (χ0) is 14.6. The molecular formula is C12H12BrN3O3S. The van der Waals surface area contributed by atoms with Crippen molar-refractivity contribution in [3.8, 4) is 5.75 Å². The van der Waals surface area contributed by atoms with E-state index >= 15 is 0 Å². The van der Waals surface area contributed by atoms with Crippen molar-refractivity contribution in [2.75, 3.05) is 7.11 Å². The predicted octanol–water partition coefficient (Wildman–Crippen LogP) is 1.73. The average molecular weight is 358 g/mol. The molecule has 106 valence electrons. The second kappa shape index (κ2) is 6.29. The van der Waals surface area contributed by atoms with Crippen LogP contribution in [0.4, 0.5) is 0 Å². The molecule has 0 bridgehead atoms. The van der Waals surface area contributed by atoms with Crippen LogP contribution < -0.4 is 9.46 Å². The van der Waals surface area contributed by atoms with Crippen LogP contribution in [0.1, 0.15) is 5.69 Å². The summed E-state index contributed by atoms with van der Waals surface area (Å²) in [5.74, 6) is 0.567. The molecule has 0 aliphatic rings. The minimum absolute atomic E-state index is 0.0832. The van der Waals surface area contributed by atoms with Crippen LogP contribution in [0.3, 0.4) is 0 Å². The van der Waals surface area contributed by atoms with E-state index in [1.807, 2.05) is 0 Å². The van der Waals surface area contributed by atoms with Gasteiger partial charge in [0.15, 0.2) is 0 Å². The molecule has 0 atom stereocenters. The molecule has 2 rings (SSSR count). The Labute approximate surface area is 125 Å². The summed E-state index contributed by atoms with van der Waals surface area (Å²) in [6, 6.07) is 7.93. The van der Waals surface area contributed by atoms with Gasteiger partial charge in [-0.25, -0.2) is 13.1 Å². The van der Waals surface area contributed by atoms with Crippen molar-refractivity contribution in [1.29, 1.82) is 0 Å². The number of ether oxygens (including phenoxy) is 1. The topological polar surface area (TPSA) is 81.2 Å². The summed E-state index contributed by atoms with van der Waals surface area (Å²) in [7, 11) is -2.09.